The zero-order valence-corrected chi connectivity index (χ0v) is 14.0. The lowest BCUT2D eigenvalue weighted by Gasteiger charge is -2.04. The lowest BCUT2D eigenvalue weighted by Crippen LogP contribution is -2.07. The summed E-state index contributed by atoms with van der Waals surface area (Å²) in [4.78, 5) is 11.8. The van der Waals surface area contributed by atoms with Crippen molar-refractivity contribution >= 4 is 49.5 Å². The first kappa shape index (κ1) is 15.0. The van der Waals surface area contributed by atoms with Gasteiger partial charge in [-0.15, -0.1) is 0 Å². The molecule has 0 bridgehead atoms. The van der Waals surface area contributed by atoms with Crippen LogP contribution in [0.25, 0.3) is 6.08 Å². The minimum absolute atomic E-state index is 0.153. The summed E-state index contributed by atoms with van der Waals surface area (Å²) in [5.41, 5.74) is 2.95. The third-order valence-corrected chi connectivity index (χ3v) is 4.57. The summed E-state index contributed by atoms with van der Waals surface area (Å²) in [6.45, 7) is 2.03. The van der Waals surface area contributed by atoms with E-state index in [4.69, 9.17) is 0 Å². The number of rotatable bonds is 3. The van der Waals surface area contributed by atoms with Crippen molar-refractivity contribution in [2.45, 2.75) is 6.92 Å². The molecule has 2 aromatic rings. The quantitative estimate of drug-likeness (QED) is 0.714. The van der Waals surface area contributed by atoms with E-state index >= 15 is 0 Å². The van der Waals surface area contributed by atoms with Crippen LogP contribution in [-0.4, -0.2) is 5.91 Å². The molecule has 2 rings (SSSR count). The summed E-state index contributed by atoms with van der Waals surface area (Å²) >= 11 is 6.79. The number of carbonyl (C=O) groups excluding carboxylic acids is 1. The Balaban J connectivity index is 2.01. The van der Waals surface area contributed by atoms with Crippen LogP contribution >= 0.6 is 31.9 Å². The molecule has 0 aromatic heterocycles. The summed E-state index contributed by atoms with van der Waals surface area (Å²) in [7, 11) is 0. The molecule has 0 unspecified atom stereocenters. The summed E-state index contributed by atoms with van der Waals surface area (Å²) in [6, 6.07) is 13.6. The Hall–Kier alpha value is -1.39. The average molecular weight is 395 g/mol. The molecule has 0 radical (unpaired) electrons. The molecule has 4 heteroatoms. The van der Waals surface area contributed by atoms with E-state index in [2.05, 4.69) is 37.2 Å². The van der Waals surface area contributed by atoms with Crippen LogP contribution in [0.5, 0.6) is 0 Å². The molecule has 0 fully saturated rings. The summed E-state index contributed by atoms with van der Waals surface area (Å²) in [5.74, 6) is -0.153. The van der Waals surface area contributed by atoms with Crippen molar-refractivity contribution in [2.24, 2.45) is 0 Å². The molecule has 102 valence electrons. The third-order valence-electron chi connectivity index (χ3n) is 2.69. The van der Waals surface area contributed by atoms with Gasteiger partial charge in [-0.05, 0) is 68.6 Å². The molecular weight excluding hydrogens is 382 g/mol. The van der Waals surface area contributed by atoms with Crippen molar-refractivity contribution < 1.29 is 4.79 Å². The number of amides is 1. The summed E-state index contributed by atoms with van der Waals surface area (Å²) < 4.78 is 1.85. The van der Waals surface area contributed by atoms with Crippen LogP contribution in [0.15, 0.2) is 57.5 Å². The van der Waals surface area contributed by atoms with E-state index in [0.29, 0.717) is 0 Å². The maximum absolute atomic E-state index is 11.8. The first-order valence-electron chi connectivity index (χ1n) is 6.05. The fraction of sp³-hybridized carbons (Fsp3) is 0.0625. The van der Waals surface area contributed by atoms with Gasteiger partial charge in [0.15, 0.2) is 0 Å². The van der Waals surface area contributed by atoms with E-state index in [-0.39, 0.29) is 5.91 Å². The number of hydrogen-bond acceptors (Lipinski definition) is 1. The van der Waals surface area contributed by atoms with E-state index in [1.54, 1.807) is 6.08 Å². The van der Waals surface area contributed by atoms with E-state index < -0.39 is 0 Å². The second-order valence-corrected chi connectivity index (χ2v) is 6.07. The molecule has 0 aliphatic carbocycles. The monoisotopic (exact) mass is 393 g/mol. The number of anilines is 1. The van der Waals surface area contributed by atoms with Crippen molar-refractivity contribution in [1.82, 2.24) is 0 Å². The van der Waals surface area contributed by atoms with Crippen LogP contribution in [0.4, 0.5) is 5.69 Å². The van der Waals surface area contributed by atoms with Gasteiger partial charge in [0.25, 0.3) is 0 Å². The van der Waals surface area contributed by atoms with E-state index in [1.165, 1.54) is 11.6 Å². The predicted molar refractivity (Wildman–Crippen MR) is 90.7 cm³/mol. The summed E-state index contributed by atoms with van der Waals surface area (Å²) in [5, 5.41) is 2.82. The minimum atomic E-state index is -0.153. The predicted octanol–water partition coefficient (Wildman–Crippen LogP) is 5.17. The van der Waals surface area contributed by atoms with Gasteiger partial charge in [0.1, 0.15) is 0 Å². The molecule has 0 spiro atoms. The van der Waals surface area contributed by atoms with Crippen molar-refractivity contribution in [2.75, 3.05) is 5.32 Å². The normalized spacial score (nSPS) is 10.8. The third kappa shape index (κ3) is 4.32. The van der Waals surface area contributed by atoms with Crippen molar-refractivity contribution in [1.29, 1.82) is 0 Å². The van der Waals surface area contributed by atoms with Crippen molar-refractivity contribution in [3.63, 3.8) is 0 Å². The maximum Gasteiger partial charge on any atom is 0.248 e. The molecule has 0 heterocycles. The summed E-state index contributed by atoms with van der Waals surface area (Å²) in [6.07, 6.45) is 3.32. The Morgan fingerprint density at radius 1 is 1.05 bits per heavy atom. The topological polar surface area (TPSA) is 29.1 Å². The lowest BCUT2D eigenvalue weighted by molar-refractivity contribution is -0.111. The molecule has 0 atom stereocenters. The molecule has 2 aromatic carbocycles. The molecule has 20 heavy (non-hydrogen) atoms. The zero-order valence-electron chi connectivity index (χ0n) is 10.9. The SMILES string of the molecule is Cc1ccc(/C=C/C(=O)Nc2ccc(Br)c(Br)c2)cc1. The Bertz CT molecular complexity index is 648. The van der Waals surface area contributed by atoms with Gasteiger partial charge >= 0.3 is 0 Å². The standard InChI is InChI=1S/C16H13Br2NO/c1-11-2-4-12(5-3-11)6-9-16(20)19-13-7-8-14(17)15(18)10-13/h2-10H,1H3,(H,19,20)/b9-6+. The minimum Gasteiger partial charge on any atom is -0.322 e. The molecule has 2 nitrogen and oxygen atoms in total. The second-order valence-electron chi connectivity index (χ2n) is 4.36. The van der Waals surface area contributed by atoms with Gasteiger partial charge in [-0.1, -0.05) is 29.8 Å². The number of aryl methyl sites for hydroxylation is 1. The Morgan fingerprint density at radius 2 is 1.75 bits per heavy atom. The number of halogens is 2. The molecular formula is C16H13Br2NO. The van der Waals surface area contributed by atoms with Gasteiger partial charge in [0.05, 0.1) is 0 Å². The molecule has 0 aliphatic rings. The van der Waals surface area contributed by atoms with Crippen LogP contribution in [0.1, 0.15) is 11.1 Å². The fourth-order valence-corrected chi connectivity index (χ4v) is 2.23. The van der Waals surface area contributed by atoms with E-state index in [9.17, 15) is 4.79 Å². The number of benzene rings is 2. The first-order chi connectivity index (χ1) is 9.54. The van der Waals surface area contributed by atoms with Gasteiger partial charge in [-0.25, -0.2) is 0 Å². The van der Waals surface area contributed by atoms with Crippen LogP contribution in [0.3, 0.4) is 0 Å². The Labute approximate surface area is 135 Å². The smallest absolute Gasteiger partial charge is 0.248 e. The van der Waals surface area contributed by atoms with E-state index in [1.807, 2.05) is 49.4 Å². The van der Waals surface area contributed by atoms with Gasteiger partial charge in [0, 0.05) is 20.7 Å². The van der Waals surface area contributed by atoms with Gasteiger partial charge in [-0.2, -0.15) is 0 Å². The average Bonchev–Trinajstić information content (AvgIpc) is 2.42. The Morgan fingerprint density at radius 3 is 2.40 bits per heavy atom. The maximum atomic E-state index is 11.8. The lowest BCUT2D eigenvalue weighted by atomic mass is 10.1. The van der Waals surface area contributed by atoms with Crippen LogP contribution in [0, 0.1) is 6.92 Å². The number of carbonyl (C=O) groups is 1. The highest BCUT2D eigenvalue weighted by atomic mass is 79.9. The molecule has 1 amide bonds. The highest BCUT2D eigenvalue weighted by Gasteiger charge is 2.01. The van der Waals surface area contributed by atoms with Crippen LogP contribution in [-0.2, 0) is 4.79 Å². The van der Waals surface area contributed by atoms with E-state index in [0.717, 1.165) is 20.2 Å². The van der Waals surface area contributed by atoms with Gasteiger partial charge in [-0.3, -0.25) is 4.79 Å². The molecule has 0 aliphatic heterocycles. The zero-order chi connectivity index (χ0) is 14.5. The Kier molecular flexibility index (Phi) is 5.15. The van der Waals surface area contributed by atoms with Crippen LogP contribution in [0.2, 0.25) is 0 Å². The van der Waals surface area contributed by atoms with Crippen LogP contribution < -0.4 is 5.32 Å². The van der Waals surface area contributed by atoms with Gasteiger partial charge in [0.2, 0.25) is 5.91 Å². The molecule has 0 saturated carbocycles. The highest BCUT2D eigenvalue weighted by molar-refractivity contribution is 9.13. The fourth-order valence-electron chi connectivity index (χ4n) is 1.61. The second kappa shape index (κ2) is 6.86. The number of nitrogens with one attached hydrogen (secondary N) is 1. The molecule has 1 N–H and O–H groups in total. The highest BCUT2D eigenvalue weighted by Crippen LogP contribution is 2.25. The number of hydrogen-bond donors (Lipinski definition) is 1. The largest absolute Gasteiger partial charge is 0.322 e. The van der Waals surface area contributed by atoms with Crippen molar-refractivity contribution in [3.05, 3.63) is 68.6 Å². The van der Waals surface area contributed by atoms with Gasteiger partial charge < -0.3 is 5.32 Å². The first-order valence-corrected chi connectivity index (χ1v) is 7.64. The van der Waals surface area contributed by atoms with Crippen molar-refractivity contribution in [3.8, 4) is 0 Å². The molecule has 0 saturated heterocycles.